The summed E-state index contributed by atoms with van der Waals surface area (Å²) in [6, 6.07) is 15.2. The Bertz CT molecular complexity index is 919. The van der Waals surface area contributed by atoms with Crippen LogP contribution in [0.3, 0.4) is 0 Å². The van der Waals surface area contributed by atoms with E-state index < -0.39 is 24.5 Å². The number of aromatic nitrogens is 1. The first-order chi connectivity index (χ1) is 13.1. The van der Waals surface area contributed by atoms with Gasteiger partial charge in [0.15, 0.2) is 18.1 Å². The number of nitrogens with zero attached hydrogens (tertiary/aromatic N) is 1. The van der Waals surface area contributed by atoms with Gasteiger partial charge in [-0.05, 0) is 24.3 Å². The quantitative estimate of drug-likeness (QED) is 0.648. The summed E-state index contributed by atoms with van der Waals surface area (Å²) in [6.45, 7) is -0.547. The lowest BCUT2D eigenvalue weighted by Crippen LogP contribution is -2.37. The molecule has 0 radical (unpaired) electrons. The standard InChI is InChI=1S/C19H17N3O5/c23-16(22-19(25)20-13-6-2-1-3-7-13)12-26-18(24)11-10-17-21-14-8-4-5-9-15(14)27-17/h1-9H,10-12H2,(H2,20,22,23,25). The molecule has 0 saturated heterocycles. The number of imide groups is 1. The summed E-state index contributed by atoms with van der Waals surface area (Å²) in [4.78, 5) is 39.3. The predicted molar refractivity (Wildman–Crippen MR) is 96.9 cm³/mol. The van der Waals surface area contributed by atoms with Crippen LogP contribution in [0.1, 0.15) is 12.3 Å². The van der Waals surface area contributed by atoms with Crippen molar-refractivity contribution in [1.29, 1.82) is 0 Å². The smallest absolute Gasteiger partial charge is 0.325 e. The van der Waals surface area contributed by atoms with Gasteiger partial charge in [0, 0.05) is 12.1 Å². The molecule has 0 atom stereocenters. The second-order valence-corrected chi connectivity index (χ2v) is 5.60. The highest BCUT2D eigenvalue weighted by atomic mass is 16.5. The topological polar surface area (TPSA) is 111 Å². The molecule has 8 heteroatoms. The minimum atomic E-state index is -0.723. The van der Waals surface area contributed by atoms with E-state index in [2.05, 4.69) is 15.6 Å². The average Bonchev–Trinajstić information content (AvgIpc) is 3.08. The third-order valence-electron chi connectivity index (χ3n) is 3.53. The van der Waals surface area contributed by atoms with Crippen LogP contribution in [-0.4, -0.2) is 29.5 Å². The summed E-state index contributed by atoms with van der Waals surface area (Å²) in [5.41, 5.74) is 1.90. The molecule has 0 aliphatic carbocycles. The highest BCUT2D eigenvalue weighted by Crippen LogP contribution is 2.15. The number of amides is 3. The Labute approximate surface area is 154 Å². The van der Waals surface area contributed by atoms with Gasteiger partial charge in [0.2, 0.25) is 0 Å². The van der Waals surface area contributed by atoms with Crippen LogP contribution in [0.5, 0.6) is 0 Å². The highest BCUT2D eigenvalue weighted by molar-refractivity contribution is 6.01. The Morgan fingerprint density at radius 1 is 1.00 bits per heavy atom. The van der Waals surface area contributed by atoms with E-state index in [1.54, 1.807) is 36.4 Å². The number of anilines is 1. The molecule has 138 valence electrons. The summed E-state index contributed by atoms with van der Waals surface area (Å²) in [6.07, 6.45) is 0.264. The minimum Gasteiger partial charge on any atom is -0.456 e. The van der Waals surface area contributed by atoms with Crippen LogP contribution in [0, 0.1) is 0 Å². The lowest BCUT2D eigenvalue weighted by atomic mass is 10.3. The second kappa shape index (κ2) is 8.61. The molecule has 0 unspecified atom stereocenters. The third-order valence-corrected chi connectivity index (χ3v) is 3.53. The zero-order chi connectivity index (χ0) is 19.1. The van der Waals surface area contributed by atoms with Crippen LogP contribution >= 0.6 is 0 Å². The number of carbonyl (C=O) groups excluding carboxylic acids is 3. The fourth-order valence-electron chi connectivity index (χ4n) is 2.30. The average molecular weight is 367 g/mol. The van der Waals surface area contributed by atoms with Crippen molar-refractivity contribution in [1.82, 2.24) is 10.3 Å². The number of esters is 1. The Balaban J connectivity index is 1.38. The molecule has 3 aromatic rings. The first-order valence-corrected chi connectivity index (χ1v) is 8.26. The number of nitrogens with one attached hydrogen (secondary N) is 2. The van der Waals surface area contributed by atoms with Crippen LogP contribution in [0.25, 0.3) is 11.1 Å². The SMILES string of the molecule is O=C(COC(=O)CCc1nc2ccccc2o1)NC(=O)Nc1ccccc1. The molecule has 3 amide bonds. The maximum absolute atomic E-state index is 11.7. The van der Waals surface area contributed by atoms with Crippen molar-refractivity contribution in [2.45, 2.75) is 12.8 Å². The van der Waals surface area contributed by atoms with Gasteiger partial charge in [-0.15, -0.1) is 0 Å². The first-order valence-electron chi connectivity index (χ1n) is 8.26. The molecular weight excluding hydrogens is 350 g/mol. The predicted octanol–water partition coefficient (Wildman–Crippen LogP) is 2.65. The van der Waals surface area contributed by atoms with Gasteiger partial charge in [-0.1, -0.05) is 30.3 Å². The summed E-state index contributed by atoms with van der Waals surface area (Å²) in [5.74, 6) is -0.894. The zero-order valence-electron chi connectivity index (χ0n) is 14.3. The molecule has 3 rings (SSSR count). The number of benzene rings is 2. The molecule has 1 heterocycles. The van der Waals surface area contributed by atoms with Gasteiger partial charge in [-0.3, -0.25) is 14.9 Å². The number of ether oxygens (including phenoxy) is 1. The molecule has 27 heavy (non-hydrogen) atoms. The number of oxazole rings is 1. The molecule has 0 saturated carbocycles. The molecule has 0 fully saturated rings. The van der Waals surface area contributed by atoms with Crippen LogP contribution in [0.2, 0.25) is 0 Å². The van der Waals surface area contributed by atoms with Crippen molar-refractivity contribution in [3.63, 3.8) is 0 Å². The zero-order valence-corrected chi connectivity index (χ0v) is 14.3. The van der Waals surface area contributed by atoms with Crippen molar-refractivity contribution in [2.24, 2.45) is 0 Å². The Morgan fingerprint density at radius 2 is 1.74 bits per heavy atom. The number of aryl methyl sites for hydroxylation is 1. The number of fused-ring (bicyclic) bond motifs is 1. The molecule has 0 bridgehead atoms. The molecule has 2 aromatic carbocycles. The molecular formula is C19H17N3O5. The van der Waals surface area contributed by atoms with Crippen molar-refractivity contribution < 1.29 is 23.5 Å². The summed E-state index contributed by atoms with van der Waals surface area (Å²) >= 11 is 0. The number of hydrogen-bond acceptors (Lipinski definition) is 6. The lowest BCUT2D eigenvalue weighted by molar-refractivity contribution is -0.148. The van der Waals surface area contributed by atoms with E-state index in [9.17, 15) is 14.4 Å². The largest absolute Gasteiger partial charge is 0.456 e. The normalized spacial score (nSPS) is 10.4. The number of carbonyl (C=O) groups is 3. The minimum absolute atomic E-state index is 0.0102. The Morgan fingerprint density at radius 3 is 2.52 bits per heavy atom. The first kappa shape index (κ1) is 18.1. The van der Waals surface area contributed by atoms with E-state index >= 15 is 0 Å². The molecule has 0 aliphatic rings. The fourth-order valence-corrected chi connectivity index (χ4v) is 2.30. The molecule has 0 spiro atoms. The molecule has 0 aliphatic heterocycles. The van der Waals surface area contributed by atoms with E-state index in [0.29, 0.717) is 22.7 Å². The van der Waals surface area contributed by atoms with Crippen molar-refractivity contribution in [2.75, 3.05) is 11.9 Å². The number of hydrogen-bond donors (Lipinski definition) is 2. The van der Waals surface area contributed by atoms with Crippen molar-refractivity contribution in [3.05, 3.63) is 60.5 Å². The third kappa shape index (κ3) is 5.40. The van der Waals surface area contributed by atoms with Gasteiger partial charge >= 0.3 is 12.0 Å². The van der Waals surface area contributed by atoms with Gasteiger partial charge in [0.05, 0.1) is 6.42 Å². The second-order valence-electron chi connectivity index (χ2n) is 5.60. The number of urea groups is 1. The van der Waals surface area contributed by atoms with Crippen molar-refractivity contribution in [3.8, 4) is 0 Å². The van der Waals surface area contributed by atoms with Crippen LogP contribution in [0.4, 0.5) is 10.5 Å². The summed E-state index contributed by atoms with van der Waals surface area (Å²) in [5, 5.41) is 4.57. The molecule has 8 nitrogen and oxygen atoms in total. The summed E-state index contributed by atoms with van der Waals surface area (Å²) < 4.78 is 10.4. The van der Waals surface area contributed by atoms with E-state index in [1.807, 2.05) is 18.2 Å². The van der Waals surface area contributed by atoms with E-state index in [-0.39, 0.29) is 12.8 Å². The fraction of sp³-hybridized carbons (Fsp3) is 0.158. The van der Waals surface area contributed by atoms with Gasteiger partial charge in [0.25, 0.3) is 5.91 Å². The van der Waals surface area contributed by atoms with Gasteiger partial charge in [-0.25, -0.2) is 9.78 Å². The van der Waals surface area contributed by atoms with E-state index in [1.165, 1.54) is 0 Å². The molecule has 2 N–H and O–H groups in total. The number of para-hydroxylation sites is 3. The van der Waals surface area contributed by atoms with Gasteiger partial charge in [-0.2, -0.15) is 0 Å². The maximum atomic E-state index is 11.7. The van der Waals surface area contributed by atoms with Gasteiger partial charge in [0.1, 0.15) is 5.52 Å². The van der Waals surface area contributed by atoms with E-state index in [4.69, 9.17) is 9.15 Å². The van der Waals surface area contributed by atoms with Crippen LogP contribution in [-0.2, 0) is 20.7 Å². The monoisotopic (exact) mass is 367 g/mol. The van der Waals surface area contributed by atoms with Crippen LogP contribution < -0.4 is 10.6 Å². The Hall–Kier alpha value is -3.68. The van der Waals surface area contributed by atoms with E-state index in [0.717, 1.165) is 0 Å². The number of rotatable bonds is 6. The van der Waals surface area contributed by atoms with Crippen molar-refractivity contribution >= 4 is 34.7 Å². The molecule has 1 aromatic heterocycles. The Kier molecular flexibility index (Phi) is 5.78. The highest BCUT2D eigenvalue weighted by Gasteiger charge is 2.13. The lowest BCUT2D eigenvalue weighted by Gasteiger charge is -2.07. The van der Waals surface area contributed by atoms with Crippen LogP contribution in [0.15, 0.2) is 59.0 Å². The summed E-state index contributed by atoms with van der Waals surface area (Å²) in [7, 11) is 0. The van der Waals surface area contributed by atoms with Gasteiger partial charge < -0.3 is 14.5 Å². The maximum Gasteiger partial charge on any atom is 0.325 e.